The number of aryl methyl sites for hydroxylation is 2. The molecule has 0 fully saturated rings. The molecule has 3 rings (SSSR count). The van der Waals surface area contributed by atoms with Crippen LogP contribution in [0.2, 0.25) is 0 Å². The number of benzene rings is 3. The minimum atomic E-state index is -4.01. The third kappa shape index (κ3) is 5.35. The summed E-state index contributed by atoms with van der Waals surface area (Å²) in [6.45, 7) is 3.19. The first-order valence-corrected chi connectivity index (χ1v) is 10.9. The first-order valence-electron chi connectivity index (χ1n) is 9.50. The minimum absolute atomic E-state index is 0.0673. The quantitative estimate of drug-likeness (QED) is 0.449. The molecule has 3 aromatic rings. The van der Waals surface area contributed by atoms with E-state index in [1.165, 1.54) is 30.5 Å². The van der Waals surface area contributed by atoms with E-state index in [9.17, 15) is 17.6 Å². The van der Waals surface area contributed by atoms with Crippen LogP contribution in [0.1, 0.15) is 16.7 Å². The van der Waals surface area contributed by atoms with Crippen molar-refractivity contribution >= 4 is 27.8 Å². The highest BCUT2D eigenvalue weighted by Crippen LogP contribution is 2.27. The largest absolute Gasteiger partial charge is 0.271 e. The highest BCUT2D eigenvalue weighted by atomic mass is 32.2. The first-order chi connectivity index (χ1) is 14.8. The summed E-state index contributed by atoms with van der Waals surface area (Å²) in [5.74, 6) is -1.14. The van der Waals surface area contributed by atoms with E-state index in [4.69, 9.17) is 0 Å². The zero-order valence-corrected chi connectivity index (χ0v) is 17.9. The van der Waals surface area contributed by atoms with Crippen molar-refractivity contribution in [2.24, 2.45) is 5.10 Å². The van der Waals surface area contributed by atoms with Crippen molar-refractivity contribution in [1.82, 2.24) is 5.43 Å². The van der Waals surface area contributed by atoms with Crippen molar-refractivity contribution < 1.29 is 17.6 Å². The average molecular weight is 440 g/mol. The van der Waals surface area contributed by atoms with E-state index < -0.39 is 28.3 Å². The van der Waals surface area contributed by atoms with Crippen LogP contribution >= 0.6 is 0 Å². The van der Waals surface area contributed by atoms with Gasteiger partial charge in [-0.15, -0.1) is 0 Å². The van der Waals surface area contributed by atoms with Crippen molar-refractivity contribution in [3.05, 3.63) is 95.3 Å². The molecule has 0 radical (unpaired) electrons. The smallest absolute Gasteiger partial charge is 0.264 e. The molecule has 0 saturated heterocycles. The van der Waals surface area contributed by atoms with Gasteiger partial charge in [-0.25, -0.2) is 18.2 Å². The lowest BCUT2D eigenvalue weighted by Gasteiger charge is -2.25. The number of carbonyl (C=O) groups is 1. The van der Waals surface area contributed by atoms with Crippen LogP contribution in [0, 0.1) is 19.7 Å². The summed E-state index contributed by atoms with van der Waals surface area (Å²) in [7, 11) is -4.01. The number of hydrogen-bond acceptors (Lipinski definition) is 4. The SMILES string of the molecule is Cc1ccc(N(CC(=O)NN=Cc2ccccc2F)S(=O)(=O)c2ccccc2)c(C)c1. The Morgan fingerprint density at radius 3 is 2.39 bits per heavy atom. The fourth-order valence-electron chi connectivity index (χ4n) is 3.02. The van der Waals surface area contributed by atoms with Crippen LogP contribution in [0.3, 0.4) is 0 Å². The van der Waals surface area contributed by atoms with Crippen molar-refractivity contribution in [2.75, 3.05) is 10.8 Å². The van der Waals surface area contributed by atoms with Gasteiger partial charge in [-0.3, -0.25) is 9.10 Å². The highest BCUT2D eigenvalue weighted by Gasteiger charge is 2.28. The molecule has 0 aromatic heterocycles. The average Bonchev–Trinajstić information content (AvgIpc) is 2.74. The Morgan fingerprint density at radius 2 is 1.71 bits per heavy atom. The van der Waals surface area contributed by atoms with Crippen LogP contribution in [0.25, 0.3) is 0 Å². The zero-order valence-electron chi connectivity index (χ0n) is 17.1. The Labute approximate surface area is 181 Å². The van der Waals surface area contributed by atoms with Gasteiger partial charge in [-0.1, -0.05) is 54.1 Å². The number of nitrogens with zero attached hydrogens (tertiary/aromatic N) is 2. The molecule has 0 unspecified atom stereocenters. The monoisotopic (exact) mass is 439 g/mol. The normalized spacial score (nSPS) is 11.5. The molecule has 0 aliphatic rings. The minimum Gasteiger partial charge on any atom is -0.271 e. The molecule has 31 heavy (non-hydrogen) atoms. The Hall–Kier alpha value is -3.52. The fraction of sp³-hybridized carbons (Fsp3) is 0.130. The van der Waals surface area contributed by atoms with Gasteiger partial charge < -0.3 is 0 Å². The Kier molecular flexibility index (Phi) is 6.81. The van der Waals surface area contributed by atoms with Gasteiger partial charge in [0, 0.05) is 5.56 Å². The van der Waals surface area contributed by atoms with E-state index in [1.807, 2.05) is 13.0 Å². The van der Waals surface area contributed by atoms with E-state index in [0.717, 1.165) is 9.87 Å². The van der Waals surface area contributed by atoms with Gasteiger partial charge >= 0.3 is 0 Å². The molecule has 1 N–H and O–H groups in total. The number of hydrazone groups is 1. The van der Waals surface area contributed by atoms with Crippen LogP contribution in [-0.2, 0) is 14.8 Å². The fourth-order valence-corrected chi connectivity index (χ4v) is 4.53. The molecule has 8 heteroatoms. The van der Waals surface area contributed by atoms with Gasteiger partial charge in [0.25, 0.3) is 15.9 Å². The zero-order chi connectivity index (χ0) is 22.4. The molecule has 0 saturated carbocycles. The second kappa shape index (κ2) is 9.53. The van der Waals surface area contributed by atoms with Gasteiger partial charge in [-0.05, 0) is 43.7 Å². The van der Waals surface area contributed by atoms with E-state index in [-0.39, 0.29) is 10.5 Å². The summed E-state index contributed by atoms with van der Waals surface area (Å²) in [4.78, 5) is 12.6. The number of carbonyl (C=O) groups excluding carboxylic acids is 1. The third-order valence-corrected chi connectivity index (χ3v) is 6.31. The molecular weight excluding hydrogens is 417 g/mol. The van der Waals surface area contributed by atoms with E-state index in [1.54, 1.807) is 49.4 Å². The lowest BCUT2D eigenvalue weighted by Crippen LogP contribution is -2.40. The van der Waals surface area contributed by atoms with Crippen molar-refractivity contribution in [3.8, 4) is 0 Å². The number of rotatable bonds is 7. The van der Waals surface area contributed by atoms with Gasteiger partial charge in [0.2, 0.25) is 0 Å². The molecule has 0 atom stereocenters. The summed E-state index contributed by atoms with van der Waals surface area (Å²) in [6, 6.07) is 19.1. The predicted octanol–water partition coefficient (Wildman–Crippen LogP) is 3.79. The number of anilines is 1. The lowest BCUT2D eigenvalue weighted by molar-refractivity contribution is -0.119. The van der Waals surface area contributed by atoms with Crippen LogP contribution in [0.4, 0.5) is 10.1 Å². The lowest BCUT2D eigenvalue weighted by atomic mass is 10.1. The molecule has 3 aromatic carbocycles. The van der Waals surface area contributed by atoms with Gasteiger partial charge in [0.05, 0.1) is 16.8 Å². The molecule has 0 bridgehead atoms. The second-order valence-electron chi connectivity index (χ2n) is 6.93. The first kappa shape index (κ1) is 22.2. The highest BCUT2D eigenvalue weighted by molar-refractivity contribution is 7.92. The number of sulfonamides is 1. The maximum Gasteiger partial charge on any atom is 0.264 e. The molecule has 160 valence electrons. The third-order valence-electron chi connectivity index (χ3n) is 4.54. The van der Waals surface area contributed by atoms with Crippen LogP contribution in [-0.4, -0.2) is 27.1 Å². The molecule has 0 aliphatic carbocycles. The standard InChI is InChI=1S/C23H22FN3O3S/c1-17-12-13-22(18(2)14-17)27(31(29,30)20-9-4-3-5-10-20)16-23(28)26-25-15-19-8-6-7-11-21(19)24/h3-15H,16H2,1-2H3,(H,26,28). The molecule has 0 aliphatic heterocycles. The number of halogens is 1. The van der Waals surface area contributed by atoms with Gasteiger partial charge in [0.1, 0.15) is 12.4 Å². The predicted molar refractivity (Wildman–Crippen MR) is 119 cm³/mol. The Morgan fingerprint density at radius 1 is 1.03 bits per heavy atom. The number of amides is 1. The Balaban J connectivity index is 1.88. The summed E-state index contributed by atoms with van der Waals surface area (Å²) in [5, 5.41) is 3.75. The van der Waals surface area contributed by atoms with E-state index in [2.05, 4.69) is 10.5 Å². The molecule has 0 spiro atoms. The van der Waals surface area contributed by atoms with Crippen molar-refractivity contribution in [1.29, 1.82) is 0 Å². The molecule has 1 amide bonds. The van der Waals surface area contributed by atoms with Crippen LogP contribution in [0.5, 0.6) is 0 Å². The Bertz CT molecular complexity index is 1210. The second-order valence-corrected chi connectivity index (χ2v) is 8.79. The molecular formula is C23H22FN3O3S. The maximum atomic E-state index is 13.7. The van der Waals surface area contributed by atoms with Crippen LogP contribution in [0.15, 0.2) is 82.8 Å². The van der Waals surface area contributed by atoms with E-state index >= 15 is 0 Å². The summed E-state index contributed by atoms with van der Waals surface area (Å²) < 4.78 is 41.3. The number of hydrogen-bond donors (Lipinski definition) is 1. The van der Waals surface area contributed by atoms with Crippen molar-refractivity contribution in [2.45, 2.75) is 18.7 Å². The molecule has 0 heterocycles. The summed E-state index contributed by atoms with van der Waals surface area (Å²) >= 11 is 0. The summed E-state index contributed by atoms with van der Waals surface area (Å²) in [5.41, 5.74) is 4.54. The van der Waals surface area contributed by atoms with Crippen LogP contribution < -0.4 is 9.73 Å². The number of nitrogens with one attached hydrogen (secondary N) is 1. The summed E-state index contributed by atoms with van der Waals surface area (Å²) in [6.07, 6.45) is 1.17. The van der Waals surface area contributed by atoms with Gasteiger partial charge in [-0.2, -0.15) is 5.10 Å². The molecule has 6 nitrogen and oxygen atoms in total. The maximum absolute atomic E-state index is 13.7. The van der Waals surface area contributed by atoms with Crippen molar-refractivity contribution in [3.63, 3.8) is 0 Å². The topological polar surface area (TPSA) is 78.8 Å². The van der Waals surface area contributed by atoms with Gasteiger partial charge in [0.15, 0.2) is 0 Å². The van der Waals surface area contributed by atoms with E-state index in [0.29, 0.717) is 11.3 Å².